The maximum atomic E-state index is 12.3. The summed E-state index contributed by atoms with van der Waals surface area (Å²) in [6.07, 6.45) is 1.40. The van der Waals surface area contributed by atoms with Gasteiger partial charge in [-0.1, -0.05) is 31.5 Å². The average Bonchev–Trinajstić information content (AvgIpc) is 2.97. The fourth-order valence-corrected chi connectivity index (χ4v) is 2.33. The summed E-state index contributed by atoms with van der Waals surface area (Å²) in [6.45, 7) is 5.49. The lowest BCUT2D eigenvalue weighted by Gasteiger charge is -2.20. The van der Waals surface area contributed by atoms with Crippen LogP contribution in [0.3, 0.4) is 0 Å². The molecule has 1 atom stereocenters. The Morgan fingerprint density at radius 3 is 2.60 bits per heavy atom. The number of benzene rings is 1. The Kier molecular flexibility index (Phi) is 6.36. The largest absolute Gasteiger partial charge is 0.460 e. The van der Waals surface area contributed by atoms with Gasteiger partial charge in [0.05, 0.1) is 6.21 Å². The van der Waals surface area contributed by atoms with Crippen molar-refractivity contribution in [2.75, 3.05) is 0 Å². The Bertz CT molecular complexity index is 783. The predicted octanol–water partition coefficient (Wildman–Crippen LogP) is 3.15. The van der Waals surface area contributed by atoms with Gasteiger partial charge in [-0.15, -0.1) is 0 Å². The molecule has 0 saturated carbocycles. The predicted molar refractivity (Wildman–Crippen MR) is 96.7 cm³/mol. The molecule has 0 aliphatic heterocycles. The Morgan fingerprint density at radius 1 is 1.24 bits per heavy atom. The molecule has 0 aliphatic carbocycles. The van der Waals surface area contributed by atoms with Gasteiger partial charge in [0.2, 0.25) is 0 Å². The third-order valence-electron chi connectivity index (χ3n) is 3.45. The monoisotopic (exact) mass is 361 g/mol. The number of carbonyl (C=O) groups is 2. The van der Waals surface area contributed by atoms with E-state index in [2.05, 4.69) is 15.8 Å². The van der Waals surface area contributed by atoms with E-state index in [1.165, 1.54) is 6.21 Å². The first-order chi connectivity index (χ1) is 11.9. The van der Waals surface area contributed by atoms with Gasteiger partial charge < -0.3 is 9.73 Å². The van der Waals surface area contributed by atoms with E-state index in [1.54, 1.807) is 36.4 Å². The number of nitrogens with zero attached hydrogens (tertiary/aromatic N) is 1. The van der Waals surface area contributed by atoms with Crippen molar-refractivity contribution >= 4 is 29.6 Å². The molecule has 0 aliphatic rings. The zero-order chi connectivity index (χ0) is 18.4. The van der Waals surface area contributed by atoms with Gasteiger partial charge in [-0.05, 0) is 43.2 Å². The minimum Gasteiger partial charge on any atom is -0.460 e. The van der Waals surface area contributed by atoms with Crippen LogP contribution < -0.4 is 10.7 Å². The van der Waals surface area contributed by atoms with Crippen LogP contribution in [0.15, 0.2) is 45.9 Å². The highest BCUT2D eigenvalue weighted by molar-refractivity contribution is 6.31. The lowest BCUT2D eigenvalue weighted by molar-refractivity contribution is -0.123. The molecule has 2 aromatic rings. The van der Waals surface area contributed by atoms with Crippen molar-refractivity contribution in [1.82, 2.24) is 10.7 Å². The molecule has 0 bridgehead atoms. The first-order valence-electron chi connectivity index (χ1n) is 7.82. The quantitative estimate of drug-likeness (QED) is 0.612. The highest BCUT2D eigenvalue weighted by atomic mass is 35.5. The molecule has 1 aromatic carbocycles. The van der Waals surface area contributed by atoms with E-state index in [9.17, 15) is 9.59 Å². The third-order valence-corrected chi connectivity index (χ3v) is 3.69. The average molecular weight is 362 g/mol. The molecule has 1 aromatic heterocycles. The minimum atomic E-state index is -0.734. The van der Waals surface area contributed by atoms with Crippen LogP contribution in [-0.4, -0.2) is 24.1 Å². The fourth-order valence-electron chi connectivity index (χ4n) is 2.14. The molecule has 132 valence electrons. The fraction of sp³-hybridized carbons (Fsp3) is 0.278. The number of hydrazone groups is 1. The van der Waals surface area contributed by atoms with Crippen LogP contribution in [0, 0.1) is 12.8 Å². The summed E-state index contributed by atoms with van der Waals surface area (Å²) >= 11 is 5.89. The number of carbonyl (C=O) groups excluding carboxylic acids is 2. The Labute approximate surface area is 151 Å². The molecule has 25 heavy (non-hydrogen) atoms. The van der Waals surface area contributed by atoms with Gasteiger partial charge in [-0.3, -0.25) is 9.59 Å². The highest BCUT2D eigenvalue weighted by Gasteiger charge is 2.24. The maximum Gasteiger partial charge on any atom is 0.262 e. The van der Waals surface area contributed by atoms with Crippen molar-refractivity contribution in [3.8, 4) is 0 Å². The molecule has 2 rings (SSSR count). The van der Waals surface area contributed by atoms with E-state index >= 15 is 0 Å². The topological polar surface area (TPSA) is 83.7 Å². The molecular weight excluding hydrogens is 342 g/mol. The molecule has 1 unspecified atom stereocenters. The summed E-state index contributed by atoms with van der Waals surface area (Å²) in [5.74, 6) is 0.375. The van der Waals surface area contributed by atoms with Crippen molar-refractivity contribution in [2.24, 2.45) is 11.0 Å². The Hall–Kier alpha value is -2.60. The second-order valence-corrected chi connectivity index (χ2v) is 6.32. The zero-order valence-corrected chi connectivity index (χ0v) is 15.0. The number of rotatable bonds is 6. The third kappa shape index (κ3) is 5.46. The number of nitrogens with one attached hydrogen (secondary N) is 2. The summed E-state index contributed by atoms with van der Waals surface area (Å²) in [6, 6.07) is 9.34. The number of hydrogen-bond donors (Lipinski definition) is 2. The standard InChI is InChI=1S/C18H20ClN3O3/c1-11(2)16(21-17(23)13-5-4-6-14(19)9-13)18(24)22-20-10-15-8-7-12(3)25-15/h4-11,16H,1-3H3,(H,21,23)(H,22,24)/b20-10-. The van der Waals surface area contributed by atoms with Gasteiger partial charge in [0.25, 0.3) is 11.8 Å². The number of halogens is 1. The zero-order valence-electron chi connectivity index (χ0n) is 14.2. The normalized spacial score (nSPS) is 12.4. The van der Waals surface area contributed by atoms with Gasteiger partial charge >= 0.3 is 0 Å². The first-order valence-corrected chi connectivity index (χ1v) is 8.20. The number of furan rings is 1. The lowest BCUT2D eigenvalue weighted by atomic mass is 10.0. The van der Waals surface area contributed by atoms with Crippen LogP contribution in [-0.2, 0) is 4.79 Å². The second-order valence-electron chi connectivity index (χ2n) is 5.89. The van der Waals surface area contributed by atoms with Crippen molar-refractivity contribution in [3.05, 3.63) is 58.5 Å². The molecule has 0 radical (unpaired) electrons. The van der Waals surface area contributed by atoms with Gasteiger partial charge in [-0.2, -0.15) is 5.10 Å². The van der Waals surface area contributed by atoms with Crippen LogP contribution in [0.1, 0.15) is 35.7 Å². The smallest absolute Gasteiger partial charge is 0.262 e. The molecule has 7 heteroatoms. The molecule has 1 heterocycles. The summed E-state index contributed by atoms with van der Waals surface area (Å²) in [5, 5.41) is 7.02. The molecule has 6 nitrogen and oxygen atoms in total. The second kappa shape index (κ2) is 8.48. The number of amides is 2. The van der Waals surface area contributed by atoms with Gasteiger partial charge in [0.15, 0.2) is 0 Å². The minimum absolute atomic E-state index is 0.121. The summed E-state index contributed by atoms with van der Waals surface area (Å²) in [4.78, 5) is 24.6. The van der Waals surface area contributed by atoms with Crippen molar-refractivity contribution in [2.45, 2.75) is 26.8 Å². The molecular formula is C18H20ClN3O3. The number of hydrogen-bond acceptors (Lipinski definition) is 4. The Morgan fingerprint density at radius 2 is 2.00 bits per heavy atom. The molecule has 0 spiro atoms. The Balaban J connectivity index is 2.00. The van der Waals surface area contributed by atoms with Crippen LogP contribution in [0.2, 0.25) is 5.02 Å². The van der Waals surface area contributed by atoms with Gasteiger partial charge in [0.1, 0.15) is 17.6 Å². The van der Waals surface area contributed by atoms with Crippen LogP contribution in [0.5, 0.6) is 0 Å². The number of aryl methyl sites for hydroxylation is 1. The van der Waals surface area contributed by atoms with Crippen molar-refractivity contribution in [3.63, 3.8) is 0 Å². The van der Waals surface area contributed by atoms with E-state index < -0.39 is 11.9 Å². The summed E-state index contributed by atoms with van der Waals surface area (Å²) in [7, 11) is 0. The molecule has 0 saturated heterocycles. The van der Waals surface area contributed by atoms with E-state index in [4.69, 9.17) is 16.0 Å². The summed E-state index contributed by atoms with van der Waals surface area (Å²) < 4.78 is 5.32. The van der Waals surface area contributed by atoms with E-state index in [0.29, 0.717) is 16.3 Å². The SMILES string of the molecule is Cc1ccc(/C=N\NC(=O)C(NC(=O)c2cccc(Cl)c2)C(C)C)o1. The van der Waals surface area contributed by atoms with Crippen LogP contribution >= 0.6 is 11.6 Å². The maximum absolute atomic E-state index is 12.3. The molecule has 0 fully saturated rings. The van der Waals surface area contributed by atoms with Crippen molar-refractivity contribution in [1.29, 1.82) is 0 Å². The van der Waals surface area contributed by atoms with E-state index in [1.807, 2.05) is 20.8 Å². The van der Waals surface area contributed by atoms with Gasteiger partial charge in [-0.25, -0.2) is 5.43 Å². The van der Waals surface area contributed by atoms with Crippen LogP contribution in [0.25, 0.3) is 0 Å². The first kappa shape index (κ1) is 18.7. The lowest BCUT2D eigenvalue weighted by Crippen LogP contribution is -2.48. The highest BCUT2D eigenvalue weighted by Crippen LogP contribution is 2.11. The van der Waals surface area contributed by atoms with Crippen molar-refractivity contribution < 1.29 is 14.0 Å². The summed E-state index contributed by atoms with van der Waals surface area (Å²) in [5.41, 5.74) is 2.81. The molecule has 2 N–H and O–H groups in total. The van der Waals surface area contributed by atoms with E-state index in [0.717, 1.165) is 5.76 Å². The molecule has 2 amide bonds. The van der Waals surface area contributed by atoms with Crippen LogP contribution in [0.4, 0.5) is 0 Å². The van der Waals surface area contributed by atoms with E-state index in [-0.39, 0.29) is 11.8 Å². The van der Waals surface area contributed by atoms with Gasteiger partial charge in [0, 0.05) is 10.6 Å².